The van der Waals surface area contributed by atoms with Crippen LogP contribution in [0, 0.1) is 6.92 Å². The fourth-order valence-corrected chi connectivity index (χ4v) is 2.64. The van der Waals surface area contributed by atoms with E-state index in [2.05, 4.69) is 15.9 Å². The summed E-state index contributed by atoms with van der Waals surface area (Å²) < 4.78 is 6.22. The zero-order valence-corrected chi connectivity index (χ0v) is 13.1. The first-order valence-electron chi connectivity index (χ1n) is 5.88. The molecule has 0 aliphatic rings. The van der Waals surface area contributed by atoms with Crippen LogP contribution in [-0.4, -0.2) is 7.11 Å². The topological polar surface area (TPSA) is 35.2 Å². The Morgan fingerprint density at radius 2 is 1.95 bits per heavy atom. The SMILES string of the molecule is COc1ccc(C(N)c2cc(Br)ccc2Cl)cc1C. The molecule has 0 aliphatic carbocycles. The number of ether oxygens (including phenoxy) is 1. The fourth-order valence-electron chi connectivity index (χ4n) is 2.03. The Morgan fingerprint density at radius 3 is 2.58 bits per heavy atom. The molecule has 2 rings (SSSR count). The van der Waals surface area contributed by atoms with Gasteiger partial charge in [0.2, 0.25) is 0 Å². The maximum Gasteiger partial charge on any atom is 0.121 e. The van der Waals surface area contributed by atoms with E-state index in [1.807, 2.05) is 43.3 Å². The number of hydrogen-bond donors (Lipinski definition) is 1. The highest BCUT2D eigenvalue weighted by molar-refractivity contribution is 9.10. The van der Waals surface area contributed by atoms with Crippen molar-refractivity contribution >= 4 is 27.5 Å². The Labute approximate surface area is 126 Å². The molecule has 1 unspecified atom stereocenters. The molecule has 0 amide bonds. The molecule has 1 atom stereocenters. The predicted molar refractivity (Wildman–Crippen MR) is 82.9 cm³/mol. The first kappa shape index (κ1) is 14.4. The van der Waals surface area contributed by atoms with Gasteiger partial charge >= 0.3 is 0 Å². The standard InChI is InChI=1S/C15H15BrClNO/c1-9-7-10(3-6-14(9)19-2)15(18)12-8-11(16)4-5-13(12)17/h3-8,15H,18H2,1-2H3. The molecule has 0 aliphatic heterocycles. The number of nitrogens with two attached hydrogens (primary N) is 1. The molecule has 4 heteroatoms. The summed E-state index contributed by atoms with van der Waals surface area (Å²) >= 11 is 9.65. The quantitative estimate of drug-likeness (QED) is 0.895. The monoisotopic (exact) mass is 339 g/mol. The smallest absolute Gasteiger partial charge is 0.121 e. The first-order valence-corrected chi connectivity index (χ1v) is 7.05. The van der Waals surface area contributed by atoms with E-state index >= 15 is 0 Å². The Hall–Kier alpha value is -1.03. The molecule has 0 saturated heterocycles. The largest absolute Gasteiger partial charge is 0.496 e. The Bertz CT molecular complexity index is 601. The van der Waals surface area contributed by atoms with Gasteiger partial charge in [-0.25, -0.2) is 0 Å². The Morgan fingerprint density at radius 1 is 1.21 bits per heavy atom. The molecule has 0 radical (unpaired) electrons. The molecule has 19 heavy (non-hydrogen) atoms. The normalized spacial score (nSPS) is 12.3. The van der Waals surface area contributed by atoms with Gasteiger partial charge < -0.3 is 10.5 Å². The van der Waals surface area contributed by atoms with Crippen molar-refractivity contribution in [1.82, 2.24) is 0 Å². The summed E-state index contributed by atoms with van der Waals surface area (Å²) in [6.07, 6.45) is 0. The lowest BCUT2D eigenvalue weighted by Crippen LogP contribution is -2.12. The number of benzene rings is 2. The fraction of sp³-hybridized carbons (Fsp3) is 0.200. The van der Waals surface area contributed by atoms with Crippen LogP contribution in [0.15, 0.2) is 40.9 Å². The van der Waals surface area contributed by atoms with Crippen LogP contribution >= 0.6 is 27.5 Å². The van der Waals surface area contributed by atoms with Gasteiger partial charge in [-0.2, -0.15) is 0 Å². The van der Waals surface area contributed by atoms with Gasteiger partial charge in [0, 0.05) is 9.50 Å². The van der Waals surface area contributed by atoms with Crippen LogP contribution in [-0.2, 0) is 0 Å². The summed E-state index contributed by atoms with van der Waals surface area (Å²) in [7, 11) is 1.66. The summed E-state index contributed by atoms with van der Waals surface area (Å²) in [5.74, 6) is 0.858. The minimum absolute atomic E-state index is 0.255. The van der Waals surface area contributed by atoms with Gasteiger partial charge in [-0.05, 0) is 47.9 Å². The number of halogens is 2. The van der Waals surface area contributed by atoms with E-state index in [9.17, 15) is 0 Å². The van der Waals surface area contributed by atoms with Crippen LogP contribution in [0.25, 0.3) is 0 Å². The highest BCUT2D eigenvalue weighted by Crippen LogP contribution is 2.31. The van der Waals surface area contributed by atoms with Gasteiger partial charge in [0.15, 0.2) is 0 Å². The average Bonchev–Trinajstić information content (AvgIpc) is 2.40. The molecule has 2 N–H and O–H groups in total. The molecular weight excluding hydrogens is 326 g/mol. The molecule has 0 bridgehead atoms. The van der Waals surface area contributed by atoms with Crippen LogP contribution in [0.4, 0.5) is 0 Å². The zero-order valence-electron chi connectivity index (χ0n) is 10.8. The van der Waals surface area contributed by atoms with E-state index in [1.54, 1.807) is 7.11 Å². The van der Waals surface area contributed by atoms with E-state index < -0.39 is 0 Å². The lowest BCUT2D eigenvalue weighted by Gasteiger charge is -2.16. The van der Waals surface area contributed by atoms with Gasteiger partial charge in [0.05, 0.1) is 13.2 Å². The molecule has 0 aromatic heterocycles. The summed E-state index contributed by atoms with van der Waals surface area (Å²) in [4.78, 5) is 0. The summed E-state index contributed by atoms with van der Waals surface area (Å²) in [5, 5.41) is 0.671. The van der Waals surface area contributed by atoms with E-state index in [4.69, 9.17) is 22.1 Å². The van der Waals surface area contributed by atoms with Crippen molar-refractivity contribution in [3.05, 3.63) is 62.6 Å². The van der Waals surface area contributed by atoms with Gasteiger partial charge in [-0.15, -0.1) is 0 Å². The van der Waals surface area contributed by atoms with E-state index in [1.165, 1.54) is 0 Å². The van der Waals surface area contributed by atoms with Gasteiger partial charge in [-0.1, -0.05) is 39.7 Å². The lowest BCUT2D eigenvalue weighted by atomic mass is 9.98. The second kappa shape index (κ2) is 5.95. The molecule has 0 spiro atoms. The van der Waals surface area contributed by atoms with Crippen LogP contribution in [0.1, 0.15) is 22.7 Å². The highest BCUT2D eigenvalue weighted by atomic mass is 79.9. The second-order valence-electron chi connectivity index (χ2n) is 4.37. The van der Waals surface area contributed by atoms with Crippen molar-refractivity contribution in [1.29, 1.82) is 0 Å². The van der Waals surface area contributed by atoms with Crippen molar-refractivity contribution < 1.29 is 4.74 Å². The van der Waals surface area contributed by atoms with Crippen molar-refractivity contribution in [2.24, 2.45) is 5.73 Å². The molecule has 2 aromatic carbocycles. The highest BCUT2D eigenvalue weighted by Gasteiger charge is 2.14. The second-order valence-corrected chi connectivity index (χ2v) is 5.70. The number of methoxy groups -OCH3 is 1. The average molecular weight is 341 g/mol. The summed E-state index contributed by atoms with van der Waals surface area (Å²) in [5.41, 5.74) is 9.27. The Balaban J connectivity index is 2.41. The molecule has 0 saturated carbocycles. The van der Waals surface area contributed by atoms with E-state index in [0.717, 1.165) is 26.9 Å². The predicted octanol–water partition coefficient (Wildman–Crippen LogP) is 4.47. The minimum Gasteiger partial charge on any atom is -0.496 e. The molecule has 2 nitrogen and oxygen atoms in total. The van der Waals surface area contributed by atoms with Crippen LogP contribution in [0.3, 0.4) is 0 Å². The molecule has 0 heterocycles. The van der Waals surface area contributed by atoms with Crippen LogP contribution in [0.5, 0.6) is 5.75 Å². The summed E-state index contributed by atoms with van der Waals surface area (Å²) in [6, 6.07) is 11.4. The van der Waals surface area contributed by atoms with E-state index in [0.29, 0.717) is 5.02 Å². The molecule has 100 valence electrons. The third-order valence-corrected chi connectivity index (χ3v) is 3.91. The zero-order chi connectivity index (χ0) is 14.0. The van der Waals surface area contributed by atoms with Gasteiger partial charge in [0.25, 0.3) is 0 Å². The summed E-state index contributed by atoms with van der Waals surface area (Å²) in [6.45, 7) is 2.00. The van der Waals surface area contributed by atoms with E-state index in [-0.39, 0.29) is 6.04 Å². The minimum atomic E-state index is -0.255. The van der Waals surface area contributed by atoms with Crippen molar-refractivity contribution in [2.45, 2.75) is 13.0 Å². The third kappa shape index (κ3) is 3.11. The third-order valence-electron chi connectivity index (χ3n) is 3.07. The maximum absolute atomic E-state index is 6.30. The number of aryl methyl sites for hydroxylation is 1. The Kier molecular flexibility index (Phi) is 4.50. The van der Waals surface area contributed by atoms with Gasteiger partial charge in [0.1, 0.15) is 5.75 Å². The van der Waals surface area contributed by atoms with Crippen molar-refractivity contribution in [3.63, 3.8) is 0 Å². The van der Waals surface area contributed by atoms with Crippen LogP contribution in [0.2, 0.25) is 5.02 Å². The first-order chi connectivity index (χ1) is 9.02. The maximum atomic E-state index is 6.30. The molecular formula is C15H15BrClNO. The van der Waals surface area contributed by atoms with Crippen molar-refractivity contribution in [2.75, 3.05) is 7.11 Å². The van der Waals surface area contributed by atoms with Crippen molar-refractivity contribution in [3.8, 4) is 5.75 Å². The van der Waals surface area contributed by atoms with Gasteiger partial charge in [-0.3, -0.25) is 0 Å². The molecule has 2 aromatic rings. The lowest BCUT2D eigenvalue weighted by molar-refractivity contribution is 0.411. The van der Waals surface area contributed by atoms with Crippen LogP contribution < -0.4 is 10.5 Å². The number of rotatable bonds is 3. The molecule has 0 fully saturated rings. The number of hydrogen-bond acceptors (Lipinski definition) is 2.